The molecule has 0 atom stereocenters. The van der Waals surface area contributed by atoms with E-state index in [-0.39, 0.29) is 0 Å². The summed E-state index contributed by atoms with van der Waals surface area (Å²) in [5.41, 5.74) is 10.2. The first-order valence-corrected chi connectivity index (χ1v) is 13.6. The van der Waals surface area contributed by atoms with Gasteiger partial charge in [0.1, 0.15) is 11.1 Å². The standard InChI is InChI=1S/C37H23N3O/c1-3-13-24(14-4-1)31-23-32(40-37(39-31)25-15-5-2-6-16-25)26-17-7-8-18-27(26)34-28-19-9-11-21-30(28)38-35-29-20-10-12-22-33(29)41-36(34)35/h1-23H. The topological polar surface area (TPSA) is 51.8 Å². The molecular weight excluding hydrogens is 502 g/mol. The summed E-state index contributed by atoms with van der Waals surface area (Å²) in [6.45, 7) is 0. The number of benzene rings is 5. The van der Waals surface area contributed by atoms with E-state index in [9.17, 15) is 0 Å². The first-order valence-electron chi connectivity index (χ1n) is 13.6. The van der Waals surface area contributed by atoms with Gasteiger partial charge in [0, 0.05) is 33.0 Å². The van der Waals surface area contributed by atoms with Gasteiger partial charge in [0.05, 0.1) is 16.9 Å². The molecule has 5 aromatic carbocycles. The molecule has 192 valence electrons. The monoisotopic (exact) mass is 525 g/mol. The lowest BCUT2D eigenvalue weighted by atomic mass is 9.93. The number of furan rings is 1. The molecule has 0 aliphatic heterocycles. The zero-order chi connectivity index (χ0) is 27.2. The normalized spacial score (nSPS) is 11.4. The summed E-state index contributed by atoms with van der Waals surface area (Å²) in [7, 11) is 0. The van der Waals surface area contributed by atoms with Crippen molar-refractivity contribution in [1.82, 2.24) is 15.0 Å². The second-order valence-corrected chi connectivity index (χ2v) is 10.0. The van der Waals surface area contributed by atoms with E-state index >= 15 is 0 Å². The van der Waals surface area contributed by atoms with Crippen LogP contribution >= 0.6 is 0 Å². The quantitative estimate of drug-likeness (QED) is 0.230. The van der Waals surface area contributed by atoms with Gasteiger partial charge in [-0.25, -0.2) is 15.0 Å². The molecule has 0 unspecified atom stereocenters. The zero-order valence-corrected chi connectivity index (χ0v) is 22.0. The number of hydrogen-bond acceptors (Lipinski definition) is 4. The zero-order valence-electron chi connectivity index (χ0n) is 22.0. The predicted molar refractivity (Wildman–Crippen MR) is 166 cm³/mol. The Labute approximate surface area is 236 Å². The molecule has 4 heteroatoms. The second kappa shape index (κ2) is 9.54. The average Bonchev–Trinajstić information content (AvgIpc) is 3.42. The summed E-state index contributed by atoms with van der Waals surface area (Å²) in [5, 5.41) is 2.04. The third-order valence-corrected chi connectivity index (χ3v) is 7.50. The molecule has 0 N–H and O–H groups in total. The summed E-state index contributed by atoms with van der Waals surface area (Å²) in [4.78, 5) is 15.2. The van der Waals surface area contributed by atoms with Gasteiger partial charge in [-0.2, -0.15) is 0 Å². The number of hydrogen-bond donors (Lipinski definition) is 0. The Morgan fingerprint density at radius 2 is 1.07 bits per heavy atom. The van der Waals surface area contributed by atoms with Crippen molar-refractivity contribution in [2.45, 2.75) is 0 Å². The largest absolute Gasteiger partial charge is 0.454 e. The molecular formula is C37H23N3O. The minimum atomic E-state index is 0.685. The SMILES string of the molecule is c1ccc(-c2cc(-c3ccccc3-c3c4ccccc4nc4c3oc3ccccc34)nc(-c3ccccc3)n2)cc1. The molecule has 8 rings (SSSR count). The maximum atomic E-state index is 6.53. The van der Waals surface area contributed by atoms with Gasteiger partial charge in [0.15, 0.2) is 11.4 Å². The van der Waals surface area contributed by atoms with Crippen molar-refractivity contribution in [2.24, 2.45) is 0 Å². The Hall–Kier alpha value is -5.61. The van der Waals surface area contributed by atoms with Crippen molar-refractivity contribution in [3.05, 3.63) is 140 Å². The van der Waals surface area contributed by atoms with Crippen molar-refractivity contribution < 1.29 is 4.42 Å². The molecule has 0 spiro atoms. The number of pyridine rings is 1. The van der Waals surface area contributed by atoms with E-state index in [0.717, 1.165) is 72.2 Å². The third kappa shape index (κ3) is 3.97. The maximum Gasteiger partial charge on any atom is 0.162 e. The molecule has 0 radical (unpaired) electrons. The van der Waals surface area contributed by atoms with E-state index in [1.54, 1.807) is 0 Å². The van der Waals surface area contributed by atoms with Gasteiger partial charge >= 0.3 is 0 Å². The Kier molecular flexibility index (Phi) is 5.42. The van der Waals surface area contributed by atoms with Gasteiger partial charge in [0.2, 0.25) is 0 Å². The molecule has 0 aliphatic rings. The van der Waals surface area contributed by atoms with Crippen molar-refractivity contribution in [3.8, 4) is 45.0 Å². The number of rotatable bonds is 4. The van der Waals surface area contributed by atoms with Crippen LogP contribution in [0.25, 0.3) is 78.0 Å². The molecule has 8 aromatic rings. The lowest BCUT2D eigenvalue weighted by Crippen LogP contribution is -1.97. The van der Waals surface area contributed by atoms with Gasteiger partial charge in [-0.1, -0.05) is 115 Å². The average molecular weight is 526 g/mol. The van der Waals surface area contributed by atoms with E-state index in [2.05, 4.69) is 66.7 Å². The number of para-hydroxylation sites is 2. The van der Waals surface area contributed by atoms with Crippen LogP contribution < -0.4 is 0 Å². The van der Waals surface area contributed by atoms with E-state index in [0.29, 0.717) is 5.82 Å². The third-order valence-electron chi connectivity index (χ3n) is 7.50. The summed E-state index contributed by atoms with van der Waals surface area (Å²) < 4.78 is 6.53. The van der Waals surface area contributed by atoms with E-state index < -0.39 is 0 Å². The van der Waals surface area contributed by atoms with Crippen LogP contribution in [0.2, 0.25) is 0 Å². The minimum absolute atomic E-state index is 0.685. The molecule has 0 amide bonds. The lowest BCUT2D eigenvalue weighted by Gasteiger charge is -2.14. The predicted octanol–water partition coefficient (Wildman–Crippen LogP) is 9.59. The number of fused-ring (bicyclic) bond motifs is 4. The minimum Gasteiger partial charge on any atom is -0.454 e. The van der Waals surface area contributed by atoms with E-state index in [4.69, 9.17) is 19.4 Å². The Bertz CT molecular complexity index is 2140. The molecule has 0 bridgehead atoms. The molecule has 3 aromatic heterocycles. The highest BCUT2D eigenvalue weighted by Crippen LogP contribution is 2.43. The Morgan fingerprint density at radius 1 is 0.463 bits per heavy atom. The smallest absolute Gasteiger partial charge is 0.162 e. The molecule has 3 heterocycles. The van der Waals surface area contributed by atoms with Crippen molar-refractivity contribution in [1.29, 1.82) is 0 Å². The summed E-state index contributed by atoms with van der Waals surface area (Å²) >= 11 is 0. The van der Waals surface area contributed by atoms with Gasteiger partial charge in [-0.3, -0.25) is 0 Å². The summed E-state index contributed by atoms with van der Waals surface area (Å²) in [6, 6.07) is 47.2. The van der Waals surface area contributed by atoms with Gasteiger partial charge in [-0.05, 0) is 29.8 Å². The first kappa shape index (κ1) is 23.3. The van der Waals surface area contributed by atoms with Gasteiger partial charge in [-0.15, -0.1) is 0 Å². The maximum absolute atomic E-state index is 6.53. The fourth-order valence-corrected chi connectivity index (χ4v) is 5.59. The lowest BCUT2D eigenvalue weighted by molar-refractivity contribution is 0.670. The van der Waals surface area contributed by atoms with Crippen LogP contribution in [0.3, 0.4) is 0 Å². The second-order valence-electron chi connectivity index (χ2n) is 10.0. The van der Waals surface area contributed by atoms with Crippen LogP contribution in [-0.2, 0) is 0 Å². The van der Waals surface area contributed by atoms with Crippen molar-refractivity contribution >= 4 is 33.0 Å². The van der Waals surface area contributed by atoms with Crippen molar-refractivity contribution in [2.75, 3.05) is 0 Å². The van der Waals surface area contributed by atoms with E-state index in [1.807, 2.05) is 72.8 Å². The summed E-state index contributed by atoms with van der Waals surface area (Å²) in [6.07, 6.45) is 0. The van der Waals surface area contributed by atoms with Crippen LogP contribution in [0, 0.1) is 0 Å². The van der Waals surface area contributed by atoms with Gasteiger partial charge in [0.25, 0.3) is 0 Å². The molecule has 0 aliphatic carbocycles. The van der Waals surface area contributed by atoms with E-state index in [1.165, 1.54) is 0 Å². The van der Waals surface area contributed by atoms with Crippen molar-refractivity contribution in [3.63, 3.8) is 0 Å². The number of aromatic nitrogens is 3. The molecule has 0 fully saturated rings. The van der Waals surface area contributed by atoms with Crippen LogP contribution in [0.15, 0.2) is 144 Å². The molecule has 41 heavy (non-hydrogen) atoms. The number of nitrogens with zero attached hydrogens (tertiary/aromatic N) is 3. The Balaban J connectivity index is 1.44. The molecule has 4 nitrogen and oxygen atoms in total. The van der Waals surface area contributed by atoms with Crippen LogP contribution in [0.4, 0.5) is 0 Å². The molecule has 0 saturated carbocycles. The van der Waals surface area contributed by atoms with Crippen LogP contribution in [0.5, 0.6) is 0 Å². The highest BCUT2D eigenvalue weighted by molar-refractivity contribution is 6.16. The first-order chi connectivity index (χ1) is 20.3. The highest BCUT2D eigenvalue weighted by Gasteiger charge is 2.21. The van der Waals surface area contributed by atoms with Crippen LogP contribution in [-0.4, -0.2) is 15.0 Å². The highest BCUT2D eigenvalue weighted by atomic mass is 16.3. The summed E-state index contributed by atoms with van der Waals surface area (Å²) in [5.74, 6) is 0.685. The fourth-order valence-electron chi connectivity index (χ4n) is 5.59. The van der Waals surface area contributed by atoms with Crippen LogP contribution in [0.1, 0.15) is 0 Å². The Morgan fingerprint density at radius 3 is 1.88 bits per heavy atom. The van der Waals surface area contributed by atoms with Gasteiger partial charge < -0.3 is 4.42 Å². The molecule has 0 saturated heterocycles. The fraction of sp³-hybridized carbons (Fsp3) is 0.